The Morgan fingerprint density at radius 3 is 3.05 bits per heavy atom. The largest absolute Gasteiger partial charge is 0.497 e. The van der Waals surface area contributed by atoms with Crippen LogP contribution in [0.3, 0.4) is 0 Å². The second-order valence-electron chi connectivity index (χ2n) is 6.14. The summed E-state index contributed by atoms with van der Waals surface area (Å²) in [6.07, 6.45) is 1.84. The highest BCUT2D eigenvalue weighted by Gasteiger charge is 2.63. The Labute approximate surface area is 122 Å². The van der Waals surface area contributed by atoms with Crippen molar-refractivity contribution in [2.24, 2.45) is 23.7 Å². The van der Waals surface area contributed by atoms with Crippen LogP contribution in [-0.2, 0) is 14.3 Å². The van der Waals surface area contributed by atoms with E-state index in [2.05, 4.69) is 5.32 Å². The maximum absolute atomic E-state index is 12.6. The van der Waals surface area contributed by atoms with Gasteiger partial charge in [0, 0.05) is 17.7 Å². The van der Waals surface area contributed by atoms with Crippen molar-refractivity contribution in [3.05, 3.63) is 24.3 Å². The van der Waals surface area contributed by atoms with Gasteiger partial charge in [-0.25, -0.2) is 0 Å². The van der Waals surface area contributed by atoms with E-state index in [1.807, 2.05) is 18.2 Å². The molecule has 0 radical (unpaired) electrons. The first kappa shape index (κ1) is 12.7. The molecule has 1 heterocycles. The molecule has 21 heavy (non-hydrogen) atoms. The molecule has 5 nitrogen and oxygen atoms in total. The van der Waals surface area contributed by atoms with Crippen molar-refractivity contribution < 1.29 is 19.1 Å². The first-order valence-electron chi connectivity index (χ1n) is 7.33. The van der Waals surface area contributed by atoms with Crippen LogP contribution >= 0.6 is 0 Å². The highest BCUT2D eigenvalue weighted by molar-refractivity contribution is 5.97. The number of rotatable bonds is 3. The predicted molar refractivity (Wildman–Crippen MR) is 74.7 cm³/mol. The minimum atomic E-state index is -0.243. The van der Waals surface area contributed by atoms with Gasteiger partial charge in [-0.3, -0.25) is 9.59 Å². The summed E-state index contributed by atoms with van der Waals surface area (Å²) in [6.45, 7) is 0. The highest BCUT2D eigenvalue weighted by atomic mass is 16.6. The molecule has 4 rings (SSSR count). The van der Waals surface area contributed by atoms with E-state index in [9.17, 15) is 9.59 Å². The third-order valence-corrected chi connectivity index (χ3v) is 5.12. The lowest BCUT2D eigenvalue weighted by Crippen LogP contribution is -2.35. The fourth-order valence-electron chi connectivity index (χ4n) is 4.29. The van der Waals surface area contributed by atoms with E-state index in [1.165, 1.54) is 0 Å². The normalized spacial score (nSPS) is 35.7. The summed E-state index contributed by atoms with van der Waals surface area (Å²) in [6, 6.07) is 7.26. The number of anilines is 1. The summed E-state index contributed by atoms with van der Waals surface area (Å²) < 4.78 is 10.5. The molecular formula is C16H17NO4. The Balaban J connectivity index is 1.54. The molecular weight excluding hydrogens is 270 g/mol. The number of ether oxygens (including phenoxy) is 2. The molecule has 1 aliphatic heterocycles. The molecule has 3 aliphatic rings. The molecule has 2 aliphatic carbocycles. The summed E-state index contributed by atoms with van der Waals surface area (Å²) in [4.78, 5) is 24.5. The monoisotopic (exact) mass is 287 g/mol. The van der Waals surface area contributed by atoms with Gasteiger partial charge in [0.05, 0.1) is 18.9 Å². The smallest absolute Gasteiger partial charge is 0.310 e. The van der Waals surface area contributed by atoms with Crippen molar-refractivity contribution in [3.63, 3.8) is 0 Å². The molecule has 1 saturated heterocycles. The standard InChI is InChI=1S/C16H17NO4/c1-20-10-4-2-3-9(7-10)17-15(18)13-8-5-11-12(6-8)21-16(19)14(11)13/h2-4,7-8,11-14H,5-6H2,1H3,(H,17,18)/t8-,11-,12+,13+,14-/m0/s1. The number of hydrogen-bond acceptors (Lipinski definition) is 4. The summed E-state index contributed by atoms with van der Waals surface area (Å²) in [5.41, 5.74) is 0.699. The van der Waals surface area contributed by atoms with Gasteiger partial charge in [0.15, 0.2) is 0 Å². The van der Waals surface area contributed by atoms with Crippen LogP contribution < -0.4 is 10.1 Å². The van der Waals surface area contributed by atoms with Crippen LogP contribution in [0.2, 0.25) is 0 Å². The molecule has 0 unspecified atom stereocenters. The molecule has 5 heteroatoms. The zero-order valence-corrected chi connectivity index (χ0v) is 11.7. The molecule has 0 spiro atoms. The van der Waals surface area contributed by atoms with Crippen LogP contribution in [0.4, 0.5) is 5.69 Å². The average molecular weight is 287 g/mol. The fourth-order valence-corrected chi connectivity index (χ4v) is 4.29. The van der Waals surface area contributed by atoms with Gasteiger partial charge in [-0.15, -0.1) is 0 Å². The van der Waals surface area contributed by atoms with Crippen molar-refractivity contribution in [2.75, 3.05) is 12.4 Å². The molecule has 1 aromatic carbocycles. The van der Waals surface area contributed by atoms with Crippen molar-refractivity contribution in [1.29, 1.82) is 0 Å². The Hall–Kier alpha value is -2.04. The van der Waals surface area contributed by atoms with E-state index in [4.69, 9.17) is 9.47 Å². The second kappa shape index (κ2) is 4.48. The number of nitrogens with one attached hydrogen (secondary N) is 1. The molecule has 1 N–H and O–H groups in total. The van der Waals surface area contributed by atoms with Crippen LogP contribution in [0.5, 0.6) is 5.75 Å². The number of carbonyl (C=O) groups is 2. The molecule has 3 fully saturated rings. The quantitative estimate of drug-likeness (QED) is 0.861. The third-order valence-electron chi connectivity index (χ3n) is 5.12. The zero-order chi connectivity index (χ0) is 14.6. The molecule has 0 aromatic heterocycles. The lowest BCUT2D eigenvalue weighted by atomic mass is 9.79. The summed E-state index contributed by atoms with van der Waals surface area (Å²) in [5.74, 6) is 0.493. The van der Waals surface area contributed by atoms with Crippen molar-refractivity contribution >= 4 is 17.6 Å². The van der Waals surface area contributed by atoms with Gasteiger partial charge in [-0.2, -0.15) is 0 Å². The Morgan fingerprint density at radius 2 is 2.24 bits per heavy atom. The molecule has 5 atom stereocenters. The number of methoxy groups -OCH3 is 1. The van der Waals surface area contributed by atoms with E-state index in [1.54, 1.807) is 13.2 Å². The highest BCUT2D eigenvalue weighted by Crippen LogP contribution is 2.57. The van der Waals surface area contributed by atoms with E-state index in [-0.39, 0.29) is 41.7 Å². The number of esters is 1. The molecule has 1 amide bonds. The summed E-state index contributed by atoms with van der Waals surface area (Å²) in [7, 11) is 1.59. The van der Waals surface area contributed by atoms with Crippen molar-refractivity contribution in [1.82, 2.24) is 0 Å². The van der Waals surface area contributed by atoms with E-state index in [0.29, 0.717) is 11.4 Å². The zero-order valence-electron chi connectivity index (χ0n) is 11.7. The molecule has 110 valence electrons. The number of carbonyl (C=O) groups excluding carboxylic acids is 2. The van der Waals surface area contributed by atoms with Gasteiger partial charge in [0.25, 0.3) is 0 Å². The average Bonchev–Trinajstić information content (AvgIpc) is 3.08. The van der Waals surface area contributed by atoms with Gasteiger partial charge in [0.2, 0.25) is 5.91 Å². The van der Waals surface area contributed by atoms with Gasteiger partial charge in [0.1, 0.15) is 11.9 Å². The van der Waals surface area contributed by atoms with Crippen LogP contribution in [0.15, 0.2) is 24.3 Å². The maximum atomic E-state index is 12.6. The van der Waals surface area contributed by atoms with E-state index in [0.717, 1.165) is 12.8 Å². The van der Waals surface area contributed by atoms with Gasteiger partial charge < -0.3 is 14.8 Å². The van der Waals surface area contributed by atoms with Gasteiger partial charge in [-0.1, -0.05) is 6.07 Å². The Bertz CT molecular complexity index is 612. The predicted octanol–water partition coefficient (Wildman–Crippen LogP) is 1.83. The number of hydrogen-bond donors (Lipinski definition) is 1. The third kappa shape index (κ3) is 1.83. The molecule has 2 bridgehead atoms. The first-order valence-corrected chi connectivity index (χ1v) is 7.33. The number of benzene rings is 1. The second-order valence-corrected chi connectivity index (χ2v) is 6.14. The van der Waals surface area contributed by atoms with Crippen LogP contribution in [0.25, 0.3) is 0 Å². The molecule has 1 aromatic rings. The van der Waals surface area contributed by atoms with Crippen molar-refractivity contribution in [3.8, 4) is 5.75 Å². The van der Waals surface area contributed by atoms with Crippen molar-refractivity contribution in [2.45, 2.75) is 18.9 Å². The number of fused-ring (bicyclic) bond motifs is 1. The van der Waals surface area contributed by atoms with Gasteiger partial charge in [-0.05, 0) is 30.9 Å². The lowest BCUT2D eigenvalue weighted by molar-refractivity contribution is -0.145. The number of amides is 1. The van der Waals surface area contributed by atoms with Gasteiger partial charge >= 0.3 is 5.97 Å². The summed E-state index contributed by atoms with van der Waals surface area (Å²) in [5, 5.41) is 2.92. The lowest BCUT2D eigenvalue weighted by Gasteiger charge is -2.23. The van der Waals surface area contributed by atoms with Crippen LogP contribution in [0.1, 0.15) is 12.8 Å². The minimum Gasteiger partial charge on any atom is -0.497 e. The van der Waals surface area contributed by atoms with Crippen LogP contribution in [0, 0.1) is 23.7 Å². The Kier molecular flexibility index (Phi) is 2.71. The first-order chi connectivity index (χ1) is 10.2. The van der Waals surface area contributed by atoms with E-state index < -0.39 is 0 Å². The minimum absolute atomic E-state index is 0.0633. The fraction of sp³-hybridized carbons (Fsp3) is 0.500. The molecule has 2 saturated carbocycles. The SMILES string of the molecule is COc1cccc(NC(=O)[C@@H]2[C@H]3C[C@@H]4[C@@H]2C(=O)O[C@@H]4C3)c1. The summed E-state index contributed by atoms with van der Waals surface area (Å²) >= 11 is 0. The van der Waals surface area contributed by atoms with E-state index >= 15 is 0 Å². The maximum Gasteiger partial charge on any atom is 0.310 e. The van der Waals surface area contributed by atoms with Crippen LogP contribution in [-0.4, -0.2) is 25.1 Å². The Morgan fingerprint density at radius 1 is 1.38 bits per heavy atom. The topological polar surface area (TPSA) is 64.6 Å².